The molecular formula is C27H29N3O4. The van der Waals surface area contributed by atoms with Gasteiger partial charge in [0.05, 0.1) is 41.5 Å². The third kappa shape index (κ3) is 3.15. The van der Waals surface area contributed by atoms with Gasteiger partial charge < -0.3 is 14.0 Å². The number of rotatable bonds is 3. The second-order valence-electron chi connectivity index (χ2n) is 9.64. The molecule has 1 aliphatic heterocycles. The predicted octanol–water partition coefficient (Wildman–Crippen LogP) is 3.88. The predicted molar refractivity (Wildman–Crippen MR) is 133 cm³/mol. The highest BCUT2D eigenvalue weighted by Gasteiger charge is 2.40. The maximum absolute atomic E-state index is 13.6. The van der Waals surface area contributed by atoms with E-state index in [1.807, 2.05) is 49.4 Å². The van der Waals surface area contributed by atoms with E-state index in [0.29, 0.717) is 17.5 Å². The number of methoxy groups -OCH3 is 1. The number of ether oxygens (including phenoxy) is 2. The first kappa shape index (κ1) is 22.2. The van der Waals surface area contributed by atoms with Crippen molar-refractivity contribution >= 4 is 10.9 Å². The Bertz CT molecular complexity index is 1540. The van der Waals surface area contributed by atoms with Crippen LogP contribution in [0.25, 0.3) is 22.2 Å². The summed E-state index contributed by atoms with van der Waals surface area (Å²) in [5.74, 6) is 0.752. The minimum Gasteiger partial charge on any atom is -0.497 e. The van der Waals surface area contributed by atoms with Gasteiger partial charge in [-0.3, -0.25) is 13.9 Å². The topological polar surface area (TPSA) is 67.4 Å². The molecule has 34 heavy (non-hydrogen) atoms. The summed E-state index contributed by atoms with van der Waals surface area (Å²) in [6, 6.07) is 15.9. The molecule has 0 spiro atoms. The van der Waals surface area contributed by atoms with Gasteiger partial charge in [0.1, 0.15) is 11.9 Å². The molecular weight excluding hydrogens is 430 g/mol. The first-order valence-corrected chi connectivity index (χ1v) is 11.3. The highest BCUT2D eigenvalue weighted by Crippen LogP contribution is 2.45. The molecule has 2 aromatic heterocycles. The van der Waals surface area contributed by atoms with Gasteiger partial charge in [0.2, 0.25) is 0 Å². The number of hydrogen-bond donors (Lipinski definition) is 0. The molecule has 4 aromatic rings. The molecule has 0 saturated heterocycles. The van der Waals surface area contributed by atoms with Gasteiger partial charge in [0, 0.05) is 14.1 Å². The summed E-state index contributed by atoms with van der Waals surface area (Å²) >= 11 is 0. The summed E-state index contributed by atoms with van der Waals surface area (Å²) < 4.78 is 16.7. The summed E-state index contributed by atoms with van der Waals surface area (Å²) in [6.45, 7) is 6.68. The molecule has 0 radical (unpaired) electrons. The van der Waals surface area contributed by atoms with Crippen LogP contribution in [0.5, 0.6) is 5.75 Å². The minimum atomic E-state index is -0.447. The van der Waals surface area contributed by atoms with Crippen LogP contribution in [0.1, 0.15) is 36.8 Å². The molecule has 1 atom stereocenters. The van der Waals surface area contributed by atoms with E-state index < -0.39 is 11.6 Å². The lowest BCUT2D eigenvalue weighted by molar-refractivity contribution is -0.00708. The van der Waals surface area contributed by atoms with Crippen LogP contribution in [-0.2, 0) is 24.4 Å². The summed E-state index contributed by atoms with van der Waals surface area (Å²) in [6.07, 6.45) is -0.447. The zero-order chi connectivity index (χ0) is 24.4. The standard InChI is InChI=1S/C27H29N3O4/c1-16-8-7-9-18(14-16)21-20-22(28(4)26(32)29(5)25(20)31)23-24(34-15-27(2,3)30(21)23)17-10-12-19(33-6)13-11-17/h7-14,24H,15H2,1-6H3. The number of fused-ring (bicyclic) bond motifs is 3. The largest absolute Gasteiger partial charge is 0.497 e. The van der Waals surface area contributed by atoms with Crippen molar-refractivity contribution in [2.45, 2.75) is 32.4 Å². The van der Waals surface area contributed by atoms with E-state index >= 15 is 0 Å². The normalized spacial score (nSPS) is 17.1. The molecule has 0 aliphatic carbocycles. The van der Waals surface area contributed by atoms with E-state index in [4.69, 9.17) is 9.47 Å². The van der Waals surface area contributed by atoms with Crippen molar-refractivity contribution in [1.82, 2.24) is 13.7 Å². The van der Waals surface area contributed by atoms with Gasteiger partial charge in [0.25, 0.3) is 5.56 Å². The lowest BCUT2D eigenvalue weighted by Crippen LogP contribution is -2.40. The van der Waals surface area contributed by atoms with Crippen molar-refractivity contribution in [1.29, 1.82) is 0 Å². The highest BCUT2D eigenvalue weighted by atomic mass is 16.5. The molecule has 1 aliphatic rings. The fourth-order valence-electron chi connectivity index (χ4n) is 5.10. The van der Waals surface area contributed by atoms with Crippen molar-refractivity contribution in [3.8, 4) is 17.0 Å². The molecule has 0 N–H and O–H groups in total. The van der Waals surface area contributed by atoms with E-state index in [2.05, 4.69) is 24.5 Å². The molecule has 7 nitrogen and oxygen atoms in total. The third-order valence-corrected chi connectivity index (χ3v) is 6.78. The molecule has 0 bridgehead atoms. The van der Waals surface area contributed by atoms with Crippen molar-refractivity contribution < 1.29 is 9.47 Å². The quantitative estimate of drug-likeness (QED) is 0.466. The molecule has 7 heteroatoms. The highest BCUT2D eigenvalue weighted by molar-refractivity contribution is 5.97. The second kappa shape index (κ2) is 7.74. The maximum Gasteiger partial charge on any atom is 0.331 e. The Morgan fingerprint density at radius 1 is 1.03 bits per heavy atom. The average Bonchev–Trinajstić information content (AvgIpc) is 3.19. The van der Waals surface area contributed by atoms with Gasteiger partial charge in [-0.05, 0) is 50.1 Å². The molecule has 2 aromatic carbocycles. The maximum atomic E-state index is 13.6. The number of aromatic nitrogens is 3. The Kier molecular flexibility index (Phi) is 5.06. The van der Waals surface area contributed by atoms with E-state index in [1.54, 1.807) is 18.7 Å². The summed E-state index contributed by atoms with van der Waals surface area (Å²) in [5.41, 5.74) is 4.09. The Balaban J connectivity index is 1.97. The fraction of sp³-hybridized carbons (Fsp3) is 0.333. The van der Waals surface area contributed by atoms with E-state index in [-0.39, 0.29) is 11.2 Å². The van der Waals surface area contributed by atoms with Gasteiger partial charge in [-0.25, -0.2) is 4.79 Å². The Morgan fingerprint density at radius 2 is 1.74 bits per heavy atom. The smallest absolute Gasteiger partial charge is 0.331 e. The van der Waals surface area contributed by atoms with Gasteiger partial charge in [-0.15, -0.1) is 0 Å². The molecule has 3 heterocycles. The van der Waals surface area contributed by atoms with Crippen LogP contribution in [0.15, 0.2) is 58.1 Å². The number of benzene rings is 2. The number of aryl methyl sites for hydroxylation is 2. The fourth-order valence-corrected chi connectivity index (χ4v) is 5.10. The lowest BCUT2D eigenvalue weighted by atomic mass is 9.98. The average molecular weight is 460 g/mol. The lowest BCUT2D eigenvalue weighted by Gasteiger charge is -2.39. The molecule has 1 unspecified atom stereocenters. The van der Waals surface area contributed by atoms with Gasteiger partial charge in [-0.1, -0.05) is 35.9 Å². The molecule has 176 valence electrons. The van der Waals surface area contributed by atoms with Crippen LogP contribution in [0.2, 0.25) is 0 Å². The summed E-state index contributed by atoms with van der Waals surface area (Å²) in [4.78, 5) is 26.7. The van der Waals surface area contributed by atoms with Crippen LogP contribution in [0.3, 0.4) is 0 Å². The Hall–Kier alpha value is -3.58. The first-order valence-electron chi connectivity index (χ1n) is 11.3. The van der Waals surface area contributed by atoms with Crippen LogP contribution < -0.4 is 16.0 Å². The second-order valence-corrected chi connectivity index (χ2v) is 9.64. The number of hydrogen-bond acceptors (Lipinski definition) is 4. The summed E-state index contributed by atoms with van der Waals surface area (Å²) in [5, 5.41) is 0.530. The molecule has 0 saturated carbocycles. The van der Waals surface area contributed by atoms with Crippen molar-refractivity contribution in [3.05, 3.63) is 86.2 Å². The van der Waals surface area contributed by atoms with Crippen molar-refractivity contribution in [2.24, 2.45) is 14.1 Å². The minimum absolute atomic E-state index is 0.305. The first-order chi connectivity index (χ1) is 16.2. The van der Waals surface area contributed by atoms with Crippen LogP contribution in [0, 0.1) is 6.92 Å². The third-order valence-electron chi connectivity index (χ3n) is 6.78. The van der Waals surface area contributed by atoms with Crippen LogP contribution in [-0.4, -0.2) is 27.4 Å². The van der Waals surface area contributed by atoms with Crippen LogP contribution >= 0.6 is 0 Å². The molecule has 0 fully saturated rings. The van der Waals surface area contributed by atoms with E-state index in [0.717, 1.165) is 33.8 Å². The Morgan fingerprint density at radius 3 is 2.38 bits per heavy atom. The zero-order valence-electron chi connectivity index (χ0n) is 20.4. The van der Waals surface area contributed by atoms with E-state index in [9.17, 15) is 9.59 Å². The molecule has 5 rings (SSSR count). The monoisotopic (exact) mass is 459 g/mol. The zero-order valence-corrected chi connectivity index (χ0v) is 20.4. The van der Waals surface area contributed by atoms with Crippen LogP contribution in [0.4, 0.5) is 0 Å². The summed E-state index contributed by atoms with van der Waals surface area (Å²) in [7, 11) is 4.88. The SMILES string of the molecule is COc1ccc(C2OCC(C)(C)n3c(-c4cccc(C)c4)c4c(=O)n(C)c(=O)n(C)c4c32)cc1. The van der Waals surface area contributed by atoms with Gasteiger partial charge in [-0.2, -0.15) is 0 Å². The number of nitrogens with zero attached hydrogens (tertiary/aromatic N) is 3. The van der Waals surface area contributed by atoms with Crippen molar-refractivity contribution in [3.63, 3.8) is 0 Å². The Labute approximate surface area is 197 Å². The molecule has 0 amide bonds. The van der Waals surface area contributed by atoms with E-state index in [1.165, 1.54) is 11.6 Å². The van der Waals surface area contributed by atoms with Crippen molar-refractivity contribution in [2.75, 3.05) is 13.7 Å². The van der Waals surface area contributed by atoms with Gasteiger partial charge in [0.15, 0.2) is 0 Å². The van der Waals surface area contributed by atoms with Gasteiger partial charge >= 0.3 is 5.69 Å².